The molecular formula is C24H27FN2O4. The maximum Gasteiger partial charge on any atom is 0.235 e. The predicted octanol–water partition coefficient (Wildman–Crippen LogP) is 3.88. The molecule has 31 heavy (non-hydrogen) atoms. The van der Waals surface area contributed by atoms with E-state index in [9.17, 15) is 9.18 Å². The van der Waals surface area contributed by atoms with Gasteiger partial charge in [-0.3, -0.25) is 4.79 Å². The van der Waals surface area contributed by atoms with Crippen LogP contribution in [0.25, 0.3) is 0 Å². The van der Waals surface area contributed by atoms with Crippen LogP contribution >= 0.6 is 0 Å². The summed E-state index contributed by atoms with van der Waals surface area (Å²) in [7, 11) is 0. The summed E-state index contributed by atoms with van der Waals surface area (Å²) in [6.45, 7) is 3.55. The van der Waals surface area contributed by atoms with Gasteiger partial charge in [-0.1, -0.05) is 18.9 Å². The van der Waals surface area contributed by atoms with E-state index in [-0.39, 0.29) is 11.7 Å². The molecule has 1 saturated heterocycles. The fraction of sp³-hybridized carbons (Fsp3) is 0.458. The van der Waals surface area contributed by atoms with Gasteiger partial charge in [0.25, 0.3) is 0 Å². The SMILES string of the molecule is O=C(Nc1ccc(N2CCOCC2)c(F)c1)C1(c2ccc3c(c2)OCCO3)CCCC1. The van der Waals surface area contributed by atoms with E-state index >= 15 is 0 Å². The number of morpholine rings is 1. The molecule has 7 heteroatoms. The molecule has 2 aromatic carbocycles. The Balaban J connectivity index is 1.38. The molecule has 0 aromatic heterocycles. The predicted molar refractivity (Wildman–Crippen MR) is 116 cm³/mol. The minimum Gasteiger partial charge on any atom is -0.486 e. The Hall–Kier alpha value is -2.80. The standard InChI is InChI=1S/C24H27FN2O4/c25-19-16-18(4-5-20(19)27-9-11-29-12-10-27)26-23(28)24(7-1-2-8-24)17-3-6-21-22(15-17)31-14-13-30-21/h3-6,15-16H,1-2,7-14H2,(H,26,28). The van der Waals surface area contributed by atoms with Crippen molar-refractivity contribution in [1.82, 2.24) is 0 Å². The first-order chi connectivity index (χ1) is 15.2. The first-order valence-corrected chi connectivity index (χ1v) is 11.0. The van der Waals surface area contributed by atoms with Gasteiger partial charge in [-0.2, -0.15) is 0 Å². The number of amides is 1. The Bertz CT molecular complexity index is 968. The normalized spacial score (nSPS) is 19.8. The quantitative estimate of drug-likeness (QED) is 0.804. The summed E-state index contributed by atoms with van der Waals surface area (Å²) in [4.78, 5) is 15.4. The van der Waals surface area contributed by atoms with Gasteiger partial charge in [-0.05, 0) is 48.7 Å². The number of benzene rings is 2. The monoisotopic (exact) mass is 426 g/mol. The van der Waals surface area contributed by atoms with Crippen LogP contribution in [0.1, 0.15) is 31.2 Å². The van der Waals surface area contributed by atoms with Crippen molar-refractivity contribution in [2.75, 3.05) is 49.7 Å². The average Bonchev–Trinajstić information content (AvgIpc) is 3.31. The summed E-state index contributed by atoms with van der Waals surface area (Å²) in [5.74, 6) is 0.966. The Morgan fingerprint density at radius 2 is 1.68 bits per heavy atom. The van der Waals surface area contributed by atoms with Gasteiger partial charge >= 0.3 is 0 Å². The van der Waals surface area contributed by atoms with Crippen molar-refractivity contribution in [1.29, 1.82) is 0 Å². The number of hydrogen-bond donors (Lipinski definition) is 1. The molecule has 164 valence electrons. The molecular weight excluding hydrogens is 399 g/mol. The van der Waals surface area contributed by atoms with Crippen molar-refractivity contribution < 1.29 is 23.4 Å². The van der Waals surface area contributed by atoms with E-state index in [1.54, 1.807) is 12.1 Å². The highest BCUT2D eigenvalue weighted by Crippen LogP contribution is 2.45. The fourth-order valence-corrected chi connectivity index (χ4v) is 4.86. The molecule has 0 radical (unpaired) electrons. The molecule has 1 saturated carbocycles. The van der Waals surface area contributed by atoms with Crippen LogP contribution < -0.4 is 19.7 Å². The number of carbonyl (C=O) groups is 1. The third-order valence-electron chi connectivity index (χ3n) is 6.54. The Kier molecular flexibility index (Phi) is 5.44. The molecule has 1 N–H and O–H groups in total. The highest BCUT2D eigenvalue weighted by molar-refractivity contribution is 5.99. The zero-order chi connectivity index (χ0) is 21.3. The second kappa shape index (κ2) is 8.38. The van der Waals surface area contributed by atoms with Crippen LogP contribution in [0, 0.1) is 5.82 Å². The van der Waals surface area contributed by atoms with Gasteiger partial charge in [-0.15, -0.1) is 0 Å². The minimum atomic E-state index is -0.644. The number of anilines is 2. The fourth-order valence-electron chi connectivity index (χ4n) is 4.86. The van der Waals surface area contributed by atoms with Gasteiger partial charge in [-0.25, -0.2) is 4.39 Å². The van der Waals surface area contributed by atoms with Crippen molar-refractivity contribution >= 4 is 17.3 Å². The third kappa shape index (κ3) is 3.82. The summed E-state index contributed by atoms with van der Waals surface area (Å²) >= 11 is 0. The molecule has 0 atom stereocenters. The van der Waals surface area contributed by atoms with E-state index in [2.05, 4.69) is 5.32 Å². The van der Waals surface area contributed by atoms with Gasteiger partial charge in [0.05, 0.1) is 24.3 Å². The number of nitrogens with one attached hydrogen (secondary N) is 1. The van der Waals surface area contributed by atoms with Crippen molar-refractivity contribution in [3.63, 3.8) is 0 Å². The van der Waals surface area contributed by atoms with Crippen LogP contribution in [0.4, 0.5) is 15.8 Å². The number of carbonyl (C=O) groups excluding carboxylic acids is 1. The first kappa shape index (κ1) is 20.1. The molecule has 3 aliphatic rings. The zero-order valence-corrected chi connectivity index (χ0v) is 17.5. The number of nitrogens with zero attached hydrogens (tertiary/aromatic N) is 1. The van der Waals surface area contributed by atoms with Crippen LogP contribution in [0.3, 0.4) is 0 Å². The van der Waals surface area contributed by atoms with E-state index in [4.69, 9.17) is 14.2 Å². The van der Waals surface area contributed by atoms with Gasteiger partial charge in [0.1, 0.15) is 19.0 Å². The molecule has 2 aromatic rings. The minimum absolute atomic E-state index is 0.0970. The van der Waals surface area contributed by atoms with Crippen molar-refractivity contribution in [3.8, 4) is 11.5 Å². The molecule has 6 nitrogen and oxygen atoms in total. The topological polar surface area (TPSA) is 60.0 Å². The molecule has 0 unspecified atom stereocenters. The second-order valence-electron chi connectivity index (χ2n) is 8.37. The maximum atomic E-state index is 14.8. The Labute approximate surface area is 181 Å². The van der Waals surface area contributed by atoms with Crippen LogP contribution in [-0.2, 0) is 14.9 Å². The summed E-state index contributed by atoms with van der Waals surface area (Å²) in [5, 5.41) is 2.98. The number of ether oxygens (including phenoxy) is 3. The van der Waals surface area contributed by atoms with E-state index < -0.39 is 5.41 Å². The van der Waals surface area contributed by atoms with Gasteiger partial charge in [0.2, 0.25) is 5.91 Å². The molecule has 2 heterocycles. The summed E-state index contributed by atoms with van der Waals surface area (Å²) in [6, 6.07) is 10.7. The molecule has 2 fully saturated rings. The lowest BCUT2D eigenvalue weighted by molar-refractivity contribution is -0.121. The Morgan fingerprint density at radius 3 is 2.42 bits per heavy atom. The first-order valence-electron chi connectivity index (χ1n) is 11.0. The van der Waals surface area contributed by atoms with Crippen molar-refractivity contribution in [2.24, 2.45) is 0 Å². The van der Waals surface area contributed by atoms with Crippen molar-refractivity contribution in [3.05, 3.63) is 47.8 Å². The molecule has 1 amide bonds. The van der Waals surface area contributed by atoms with Crippen LogP contribution in [-0.4, -0.2) is 45.4 Å². The van der Waals surface area contributed by atoms with Crippen molar-refractivity contribution in [2.45, 2.75) is 31.1 Å². The lowest BCUT2D eigenvalue weighted by atomic mass is 9.77. The number of rotatable bonds is 4. The smallest absolute Gasteiger partial charge is 0.235 e. The zero-order valence-electron chi connectivity index (χ0n) is 17.5. The molecule has 5 rings (SSSR count). The van der Waals surface area contributed by atoms with Crippen LogP contribution in [0.5, 0.6) is 11.5 Å². The largest absolute Gasteiger partial charge is 0.486 e. The summed E-state index contributed by atoms with van der Waals surface area (Å²) in [5.41, 5.74) is 1.30. The second-order valence-corrected chi connectivity index (χ2v) is 8.37. The third-order valence-corrected chi connectivity index (χ3v) is 6.54. The van der Waals surface area contributed by atoms with Crippen LogP contribution in [0.2, 0.25) is 0 Å². The lowest BCUT2D eigenvalue weighted by Crippen LogP contribution is -2.38. The van der Waals surface area contributed by atoms with Gasteiger partial charge in [0, 0.05) is 18.8 Å². The van der Waals surface area contributed by atoms with E-state index in [1.165, 1.54) is 6.07 Å². The van der Waals surface area contributed by atoms with Crippen LogP contribution in [0.15, 0.2) is 36.4 Å². The summed E-state index contributed by atoms with van der Waals surface area (Å²) < 4.78 is 31.5. The summed E-state index contributed by atoms with van der Waals surface area (Å²) in [6.07, 6.45) is 3.47. The molecule has 2 aliphatic heterocycles. The number of fused-ring (bicyclic) bond motifs is 1. The lowest BCUT2D eigenvalue weighted by Gasteiger charge is -2.31. The molecule has 0 bridgehead atoms. The maximum absolute atomic E-state index is 14.8. The molecule has 0 spiro atoms. The number of halogens is 1. The highest BCUT2D eigenvalue weighted by atomic mass is 19.1. The van der Waals surface area contributed by atoms with E-state index in [0.717, 1.165) is 31.2 Å². The van der Waals surface area contributed by atoms with Gasteiger partial charge in [0.15, 0.2) is 11.5 Å². The molecule has 1 aliphatic carbocycles. The average molecular weight is 426 g/mol. The van der Waals surface area contributed by atoms with E-state index in [1.807, 2.05) is 23.1 Å². The van der Waals surface area contributed by atoms with Gasteiger partial charge < -0.3 is 24.4 Å². The van der Waals surface area contributed by atoms with E-state index in [0.29, 0.717) is 62.4 Å². The number of hydrogen-bond acceptors (Lipinski definition) is 5. The Morgan fingerprint density at radius 1 is 0.935 bits per heavy atom. The highest BCUT2D eigenvalue weighted by Gasteiger charge is 2.43.